The zero-order valence-corrected chi connectivity index (χ0v) is 27.1. The van der Waals surface area contributed by atoms with E-state index in [0.29, 0.717) is 32.8 Å². The Kier molecular flexibility index (Phi) is 8.72. The van der Waals surface area contributed by atoms with Gasteiger partial charge in [-0.25, -0.2) is 4.79 Å². The summed E-state index contributed by atoms with van der Waals surface area (Å²) in [6, 6.07) is 26.0. The molecule has 0 radical (unpaired) electrons. The van der Waals surface area contributed by atoms with Crippen LogP contribution in [0.25, 0.3) is 27.5 Å². The standard InChI is InChI=1S/C40H38N2O6/c1-26(2)40(45)48-24-23-46-36(44)16-15-35(43)42-20-18-41(19-21-42)29-13-11-27(12-14-29)31-17-22-47-39-33-10-6-5-9-32(33)37-30-8-4-3-7-28(30)25-34(37)38(31)39/h3-14,17H,1,15-16,18-25H2,2H3. The van der Waals surface area contributed by atoms with Crippen LogP contribution in [0, 0.1) is 0 Å². The Morgan fingerprint density at radius 2 is 1.52 bits per heavy atom. The van der Waals surface area contributed by atoms with Crippen molar-refractivity contribution in [3.63, 3.8) is 0 Å². The summed E-state index contributed by atoms with van der Waals surface area (Å²) >= 11 is 0. The fourth-order valence-corrected chi connectivity index (χ4v) is 6.98. The van der Waals surface area contributed by atoms with E-state index in [9.17, 15) is 14.4 Å². The Morgan fingerprint density at radius 3 is 2.29 bits per heavy atom. The van der Waals surface area contributed by atoms with Crippen LogP contribution in [-0.2, 0) is 30.3 Å². The van der Waals surface area contributed by atoms with Gasteiger partial charge in [0.05, 0.1) is 6.42 Å². The van der Waals surface area contributed by atoms with Gasteiger partial charge < -0.3 is 24.0 Å². The van der Waals surface area contributed by atoms with E-state index < -0.39 is 11.9 Å². The zero-order chi connectivity index (χ0) is 33.2. The Morgan fingerprint density at radius 1 is 0.812 bits per heavy atom. The average Bonchev–Trinajstić information content (AvgIpc) is 3.52. The molecule has 0 N–H and O–H groups in total. The zero-order valence-electron chi connectivity index (χ0n) is 27.1. The van der Waals surface area contributed by atoms with Gasteiger partial charge in [0.15, 0.2) is 0 Å². The quantitative estimate of drug-likeness (QED) is 0.106. The number of benzene rings is 4. The SMILES string of the molecule is C=C(C)C(=O)OCCOC(=O)CCC(=O)N1CCN(c2ccc(C3=CCOc4c3c3c(c5ccccc45)-c4ccccc4C3)cc2)CC1. The summed E-state index contributed by atoms with van der Waals surface area (Å²) in [6.07, 6.45) is 3.16. The number of piperazine rings is 1. The maximum absolute atomic E-state index is 12.8. The van der Waals surface area contributed by atoms with Gasteiger partial charge >= 0.3 is 11.9 Å². The van der Waals surface area contributed by atoms with Crippen molar-refractivity contribution in [2.24, 2.45) is 0 Å². The monoisotopic (exact) mass is 642 g/mol. The van der Waals surface area contributed by atoms with Crippen LogP contribution in [0.3, 0.4) is 0 Å². The lowest BCUT2D eigenvalue weighted by molar-refractivity contribution is -0.151. The number of nitrogens with zero attached hydrogens (tertiary/aromatic N) is 2. The maximum atomic E-state index is 12.8. The van der Waals surface area contributed by atoms with Crippen LogP contribution >= 0.6 is 0 Å². The van der Waals surface area contributed by atoms with Crippen molar-refractivity contribution in [1.82, 2.24) is 4.90 Å². The maximum Gasteiger partial charge on any atom is 0.333 e. The molecule has 7 rings (SSSR count). The number of esters is 2. The highest BCUT2D eigenvalue weighted by Crippen LogP contribution is 2.51. The third-order valence-corrected chi connectivity index (χ3v) is 9.36. The average molecular weight is 643 g/mol. The second-order valence-electron chi connectivity index (χ2n) is 12.4. The van der Waals surface area contributed by atoms with Crippen LogP contribution in [0.2, 0.25) is 0 Å². The summed E-state index contributed by atoms with van der Waals surface area (Å²) in [4.78, 5) is 40.3. The van der Waals surface area contributed by atoms with Gasteiger partial charge in [-0.3, -0.25) is 9.59 Å². The minimum Gasteiger partial charge on any atom is -0.488 e. The van der Waals surface area contributed by atoms with E-state index in [1.807, 2.05) is 0 Å². The van der Waals surface area contributed by atoms with E-state index in [4.69, 9.17) is 14.2 Å². The lowest BCUT2D eigenvalue weighted by Crippen LogP contribution is -2.48. The van der Waals surface area contributed by atoms with Gasteiger partial charge in [-0.15, -0.1) is 0 Å². The first-order chi connectivity index (χ1) is 23.4. The smallest absolute Gasteiger partial charge is 0.333 e. The molecule has 0 unspecified atom stereocenters. The number of amides is 1. The summed E-state index contributed by atoms with van der Waals surface area (Å²) < 4.78 is 16.4. The van der Waals surface area contributed by atoms with E-state index in [1.54, 1.807) is 11.8 Å². The van der Waals surface area contributed by atoms with E-state index >= 15 is 0 Å². The highest BCUT2D eigenvalue weighted by atomic mass is 16.6. The molecule has 8 nitrogen and oxygen atoms in total. The minimum absolute atomic E-state index is 0.00987. The van der Waals surface area contributed by atoms with Gasteiger partial charge in [0.2, 0.25) is 5.91 Å². The molecule has 4 aromatic carbocycles. The summed E-state index contributed by atoms with van der Waals surface area (Å²) in [5.41, 5.74) is 10.3. The number of carbonyl (C=O) groups excluding carboxylic acids is 3. The molecule has 2 heterocycles. The molecule has 8 heteroatoms. The summed E-state index contributed by atoms with van der Waals surface area (Å²) in [5, 5.41) is 2.39. The normalized spacial score (nSPS) is 14.7. The fourth-order valence-electron chi connectivity index (χ4n) is 6.98. The molecule has 4 aromatic rings. The molecule has 0 saturated carbocycles. The number of hydrogen-bond donors (Lipinski definition) is 0. The molecule has 1 amide bonds. The predicted octanol–water partition coefficient (Wildman–Crippen LogP) is 6.33. The Labute approximate surface area is 280 Å². The van der Waals surface area contributed by atoms with E-state index in [-0.39, 0.29) is 37.5 Å². The summed E-state index contributed by atoms with van der Waals surface area (Å²) in [6.45, 7) is 8.08. The van der Waals surface area contributed by atoms with E-state index in [2.05, 4.69) is 90.4 Å². The lowest BCUT2D eigenvalue weighted by Gasteiger charge is -2.36. The number of ether oxygens (including phenoxy) is 3. The highest BCUT2D eigenvalue weighted by Gasteiger charge is 2.31. The van der Waals surface area contributed by atoms with Gasteiger partial charge in [0.1, 0.15) is 25.6 Å². The van der Waals surface area contributed by atoms with Gasteiger partial charge in [-0.2, -0.15) is 0 Å². The van der Waals surface area contributed by atoms with Crippen LogP contribution in [0.4, 0.5) is 5.69 Å². The minimum atomic E-state index is -0.526. The second-order valence-corrected chi connectivity index (χ2v) is 12.4. The number of rotatable bonds is 9. The van der Waals surface area contributed by atoms with Gasteiger partial charge in [0, 0.05) is 54.8 Å². The second kappa shape index (κ2) is 13.4. The predicted molar refractivity (Wildman–Crippen MR) is 186 cm³/mol. The summed E-state index contributed by atoms with van der Waals surface area (Å²) in [7, 11) is 0. The molecule has 0 aromatic heterocycles. The summed E-state index contributed by atoms with van der Waals surface area (Å²) in [5.74, 6) is -0.111. The van der Waals surface area contributed by atoms with Crippen molar-refractivity contribution in [2.75, 3.05) is 50.9 Å². The van der Waals surface area contributed by atoms with Crippen LogP contribution in [0.15, 0.2) is 91.0 Å². The first-order valence-corrected chi connectivity index (χ1v) is 16.5. The Bertz CT molecular complexity index is 1950. The first kappa shape index (κ1) is 31.2. The number of carbonyl (C=O) groups is 3. The molecule has 48 heavy (non-hydrogen) atoms. The Hall–Kier alpha value is -5.37. The molecular formula is C40H38N2O6. The van der Waals surface area contributed by atoms with E-state index in [0.717, 1.165) is 28.8 Å². The highest BCUT2D eigenvalue weighted by molar-refractivity contribution is 6.09. The Balaban J connectivity index is 0.986. The van der Waals surface area contributed by atoms with E-state index in [1.165, 1.54) is 38.8 Å². The molecule has 244 valence electrons. The topological polar surface area (TPSA) is 85.4 Å². The molecule has 0 bridgehead atoms. The van der Waals surface area contributed by atoms with Crippen LogP contribution in [0.1, 0.15) is 42.0 Å². The van der Waals surface area contributed by atoms with Crippen molar-refractivity contribution in [1.29, 1.82) is 0 Å². The number of hydrogen-bond acceptors (Lipinski definition) is 7. The van der Waals surface area contributed by atoms with Crippen molar-refractivity contribution in [2.45, 2.75) is 26.2 Å². The third-order valence-electron chi connectivity index (χ3n) is 9.36. The molecule has 1 aliphatic carbocycles. The van der Waals surface area contributed by atoms with Crippen LogP contribution in [-0.4, -0.2) is 68.7 Å². The number of fused-ring (bicyclic) bond motifs is 8. The fraction of sp³-hybridized carbons (Fsp3) is 0.275. The molecule has 1 fully saturated rings. The van der Waals surface area contributed by atoms with Crippen LogP contribution < -0.4 is 9.64 Å². The van der Waals surface area contributed by atoms with Gasteiger partial charge in [-0.05, 0) is 70.3 Å². The van der Waals surface area contributed by atoms with Crippen molar-refractivity contribution in [3.05, 3.63) is 113 Å². The molecule has 0 atom stereocenters. The molecule has 2 aliphatic heterocycles. The van der Waals surface area contributed by atoms with Crippen molar-refractivity contribution >= 4 is 39.9 Å². The largest absolute Gasteiger partial charge is 0.488 e. The lowest BCUT2D eigenvalue weighted by atomic mass is 9.85. The molecular weight excluding hydrogens is 604 g/mol. The van der Waals surface area contributed by atoms with Crippen LogP contribution in [0.5, 0.6) is 5.75 Å². The molecule has 1 saturated heterocycles. The first-order valence-electron chi connectivity index (χ1n) is 16.5. The van der Waals surface area contributed by atoms with Gasteiger partial charge in [0.25, 0.3) is 0 Å². The molecule has 3 aliphatic rings. The third kappa shape index (κ3) is 6.06. The number of anilines is 1. The van der Waals surface area contributed by atoms with Crippen molar-refractivity contribution < 1.29 is 28.6 Å². The van der Waals surface area contributed by atoms with Crippen molar-refractivity contribution in [3.8, 4) is 16.9 Å². The molecule has 0 spiro atoms. The van der Waals surface area contributed by atoms with Gasteiger partial charge in [-0.1, -0.05) is 67.2 Å².